The maximum Gasteiger partial charge on any atom is 0.193 e. The summed E-state index contributed by atoms with van der Waals surface area (Å²) in [7, 11) is 0. The van der Waals surface area contributed by atoms with Crippen molar-refractivity contribution in [3.05, 3.63) is 59.7 Å². The molecule has 0 aliphatic carbocycles. The average Bonchev–Trinajstić information content (AvgIpc) is 2.67. The number of rotatable bonds is 8. The molecule has 0 atom stereocenters. The number of ether oxygens (including phenoxy) is 2. The highest BCUT2D eigenvalue weighted by molar-refractivity contribution is 6.09. The summed E-state index contributed by atoms with van der Waals surface area (Å²) in [5.74, 6) is 2.92. The van der Waals surface area contributed by atoms with Crippen molar-refractivity contribution >= 4 is 5.78 Å². The maximum atomic E-state index is 12.4. The molecule has 3 nitrogen and oxygen atoms in total. The van der Waals surface area contributed by atoms with Crippen LogP contribution in [0.5, 0.6) is 11.5 Å². The summed E-state index contributed by atoms with van der Waals surface area (Å²) in [6, 6.07) is 14.5. The monoisotopic (exact) mass is 370 g/mol. The number of hydrogen-bond donors (Lipinski definition) is 0. The van der Waals surface area contributed by atoms with E-state index in [9.17, 15) is 4.79 Å². The van der Waals surface area contributed by atoms with Gasteiger partial charge in [-0.05, 0) is 67.3 Å². The summed E-state index contributed by atoms with van der Waals surface area (Å²) >= 11 is 0. The van der Waals surface area contributed by atoms with Crippen molar-refractivity contribution in [2.24, 2.45) is 11.8 Å². The minimum atomic E-state index is -0.00143. The molecule has 0 fully saturated rings. The van der Waals surface area contributed by atoms with Gasteiger partial charge in [-0.1, -0.05) is 41.0 Å². The van der Waals surface area contributed by atoms with Gasteiger partial charge in [-0.2, -0.15) is 0 Å². The number of benzene rings is 2. The summed E-state index contributed by atoms with van der Waals surface area (Å²) in [5, 5.41) is 0. The minimum absolute atomic E-state index is 0.00143. The Bertz CT molecular complexity index is 655. The molecule has 0 amide bonds. The van der Waals surface area contributed by atoms with Gasteiger partial charge in [0.1, 0.15) is 11.5 Å². The molecule has 0 aliphatic heterocycles. The molecule has 0 heterocycles. The van der Waals surface area contributed by atoms with Crippen molar-refractivity contribution in [2.75, 3.05) is 13.2 Å². The van der Waals surface area contributed by atoms with Crippen LogP contribution in [0.25, 0.3) is 0 Å². The molecule has 0 bridgehead atoms. The Morgan fingerprint density at radius 2 is 1.15 bits per heavy atom. The Morgan fingerprint density at radius 1 is 0.741 bits per heavy atom. The maximum absolute atomic E-state index is 12.4. The second-order valence-corrected chi connectivity index (χ2v) is 7.32. The molecule has 0 unspecified atom stereocenters. The van der Waals surface area contributed by atoms with E-state index < -0.39 is 0 Å². The molecule has 27 heavy (non-hydrogen) atoms. The Hall–Kier alpha value is -2.29. The van der Waals surface area contributed by atoms with Crippen LogP contribution in [0, 0.1) is 11.8 Å². The summed E-state index contributed by atoms with van der Waals surface area (Å²) in [4.78, 5) is 12.4. The highest BCUT2D eigenvalue weighted by atomic mass is 16.5. The van der Waals surface area contributed by atoms with Crippen LogP contribution in [0.1, 0.15) is 63.9 Å². The topological polar surface area (TPSA) is 35.5 Å². The molecule has 2 aromatic rings. The van der Waals surface area contributed by atoms with Crippen LogP contribution in [-0.2, 0) is 0 Å². The fourth-order valence-corrected chi connectivity index (χ4v) is 2.00. The lowest BCUT2D eigenvalue weighted by Gasteiger charge is -2.09. The fraction of sp³-hybridized carbons (Fsp3) is 0.458. The standard InChI is InChI=1S/C19H22O3.C5H12/c1-4-21-17-9-5-15(6-10-17)19(20)16-7-11-18(12-8-16)22-13-14(2)3;1-4-5(2)3/h5-12,14H,4,13H2,1-3H3;5H,4H2,1-3H3. The summed E-state index contributed by atoms with van der Waals surface area (Å²) < 4.78 is 11.0. The van der Waals surface area contributed by atoms with Gasteiger partial charge in [0.25, 0.3) is 0 Å². The van der Waals surface area contributed by atoms with Gasteiger partial charge in [0, 0.05) is 11.1 Å². The number of carbonyl (C=O) groups is 1. The van der Waals surface area contributed by atoms with E-state index in [1.165, 1.54) is 6.42 Å². The fourth-order valence-electron chi connectivity index (χ4n) is 2.00. The molecular formula is C24H34O3. The molecule has 0 N–H and O–H groups in total. The highest BCUT2D eigenvalue weighted by Crippen LogP contribution is 2.18. The first-order valence-corrected chi connectivity index (χ1v) is 9.87. The van der Waals surface area contributed by atoms with Crippen molar-refractivity contribution in [1.82, 2.24) is 0 Å². The van der Waals surface area contributed by atoms with E-state index in [1.54, 1.807) is 24.3 Å². The molecule has 2 aromatic carbocycles. The number of ketones is 1. The van der Waals surface area contributed by atoms with Gasteiger partial charge in [0.15, 0.2) is 5.78 Å². The predicted octanol–water partition coefficient (Wildman–Crippen LogP) is 6.40. The van der Waals surface area contributed by atoms with E-state index in [0.717, 1.165) is 17.4 Å². The van der Waals surface area contributed by atoms with Crippen molar-refractivity contribution in [3.63, 3.8) is 0 Å². The van der Waals surface area contributed by atoms with Gasteiger partial charge in [-0.25, -0.2) is 0 Å². The minimum Gasteiger partial charge on any atom is -0.494 e. The van der Waals surface area contributed by atoms with Gasteiger partial charge >= 0.3 is 0 Å². The zero-order chi connectivity index (χ0) is 20.2. The highest BCUT2D eigenvalue weighted by Gasteiger charge is 2.09. The lowest BCUT2D eigenvalue weighted by Crippen LogP contribution is -2.05. The molecule has 0 aliphatic rings. The average molecular weight is 371 g/mol. The zero-order valence-electron chi connectivity index (χ0n) is 17.6. The van der Waals surface area contributed by atoms with E-state index in [4.69, 9.17) is 9.47 Å². The molecular weight excluding hydrogens is 336 g/mol. The van der Waals surface area contributed by atoms with Crippen LogP contribution in [0.3, 0.4) is 0 Å². The number of hydrogen-bond acceptors (Lipinski definition) is 3. The molecule has 148 valence electrons. The molecule has 0 radical (unpaired) electrons. The lowest BCUT2D eigenvalue weighted by molar-refractivity contribution is 0.103. The third kappa shape index (κ3) is 8.76. The molecule has 0 saturated carbocycles. The molecule has 0 aromatic heterocycles. The Labute approximate surface area is 164 Å². The van der Waals surface area contributed by atoms with E-state index in [2.05, 4.69) is 34.6 Å². The normalized spacial score (nSPS) is 10.4. The Morgan fingerprint density at radius 3 is 1.48 bits per heavy atom. The van der Waals surface area contributed by atoms with E-state index in [1.807, 2.05) is 31.2 Å². The van der Waals surface area contributed by atoms with E-state index in [0.29, 0.717) is 30.3 Å². The zero-order valence-corrected chi connectivity index (χ0v) is 17.6. The smallest absolute Gasteiger partial charge is 0.193 e. The molecule has 3 heteroatoms. The quantitative estimate of drug-likeness (QED) is 0.504. The number of carbonyl (C=O) groups excluding carboxylic acids is 1. The Balaban J connectivity index is 0.000000646. The van der Waals surface area contributed by atoms with Crippen LogP contribution in [-0.4, -0.2) is 19.0 Å². The predicted molar refractivity (Wildman–Crippen MR) is 113 cm³/mol. The third-order valence-electron chi connectivity index (χ3n) is 3.94. The van der Waals surface area contributed by atoms with Crippen LogP contribution in [0.2, 0.25) is 0 Å². The second kappa shape index (κ2) is 12.2. The largest absolute Gasteiger partial charge is 0.494 e. The van der Waals surface area contributed by atoms with Gasteiger partial charge in [0.05, 0.1) is 13.2 Å². The molecule has 2 rings (SSSR count). The SMILES string of the molecule is CCC(C)C.CCOc1ccc(C(=O)c2ccc(OCC(C)C)cc2)cc1. The first-order valence-electron chi connectivity index (χ1n) is 9.87. The van der Waals surface area contributed by atoms with Crippen LogP contribution >= 0.6 is 0 Å². The summed E-state index contributed by atoms with van der Waals surface area (Å²) in [5.41, 5.74) is 1.31. The van der Waals surface area contributed by atoms with Gasteiger partial charge in [-0.3, -0.25) is 4.79 Å². The van der Waals surface area contributed by atoms with E-state index >= 15 is 0 Å². The summed E-state index contributed by atoms with van der Waals surface area (Å²) in [6.45, 7) is 14.1. The van der Waals surface area contributed by atoms with Crippen LogP contribution in [0.4, 0.5) is 0 Å². The van der Waals surface area contributed by atoms with Gasteiger partial charge in [-0.15, -0.1) is 0 Å². The first-order chi connectivity index (χ1) is 12.9. The van der Waals surface area contributed by atoms with Gasteiger partial charge in [0.2, 0.25) is 0 Å². The van der Waals surface area contributed by atoms with Crippen molar-refractivity contribution < 1.29 is 14.3 Å². The summed E-state index contributed by atoms with van der Waals surface area (Å²) in [6.07, 6.45) is 1.31. The third-order valence-corrected chi connectivity index (χ3v) is 3.94. The molecule has 0 saturated heterocycles. The Kier molecular flexibility index (Phi) is 10.2. The second-order valence-electron chi connectivity index (χ2n) is 7.32. The molecule has 0 spiro atoms. The van der Waals surface area contributed by atoms with Crippen LogP contribution < -0.4 is 9.47 Å². The van der Waals surface area contributed by atoms with Crippen molar-refractivity contribution in [2.45, 2.75) is 48.0 Å². The first kappa shape index (κ1) is 22.8. The van der Waals surface area contributed by atoms with Crippen molar-refractivity contribution in [1.29, 1.82) is 0 Å². The van der Waals surface area contributed by atoms with E-state index in [-0.39, 0.29) is 5.78 Å². The lowest BCUT2D eigenvalue weighted by atomic mass is 10.0. The van der Waals surface area contributed by atoms with Crippen molar-refractivity contribution in [3.8, 4) is 11.5 Å². The van der Waals surface area contributed by atoms with Crippen LogP contribution in [0.15, 0.2) is 48.5 Å². The van der Waals surface area contributed by atoms with Gasteiger partial charge < -0.3 is 9.47 Å².